The molecule has 0 fully saturated rings. The van der Waals surface area contributed by atoms with Crippen molar-refractivity contribution in [3.63, 3.8) is 0 Å². The first-order valence-electron chi connectivity index (χ1n) is 6.38. The van der Waals surface area contributed by atoms with Crippen LogP contribution in [0.3, 0.4) is 0 Å². The summed E-state index contributed by atoms with van der Waals surface area (Å²) >= 11 is 17.8. The van der Waals surface area contributed by atoms with Crippen LogP contribution >= 0.6 is 34.8 Å². The number of halogens is 3. The van der Waals surface area contributed by atoms with E-state index < -0.39 is 0 Å². The summed E-state index contributed by atoms with van der Waals surface area (Å²) in [5, 5.41) is 4.04. The highest BCUT2D eigenvalue weighted by atomic mass is 35.5. The first-order valence-corrected chi connectivity index (χ1v) is 7.52. The zero-order valence-electron chi connectivity index (χ0n) is 11.2. The number of carbonyl (C=O) groups excluding carboxylic acids is 1. The number of rotatable bonds is 4. The van der Waals surface area contributed by atoms with Gasteiger partial charge in [0.25, 0.3) is 5.91 Å². The molecule has 1 aromatic carbocycles. The van der Waals surface area contributed by atoms with Crippen molar-refractivity contribution in [1.29, 1.82) is 0 Å². The number of aromatic nitrogens is 1. The van der Waals surface area contributed by atoms with Gasteiger partial charge in [0.2, 0.25) is 0 Å². The van der Waals surface area contributed by atoms with E-state index >= 15 is 0 Å². The normalized spacial score (nSPS) is 12.0. The van der Waals surface area contributed by atoms with Crippen LogP contribution in [0.5, 0.6) is 0 Å². The molecule has 0 aliphatic carbocycles. The van der Waals surface area contributed by atoms with Gasteiger partial charge in [0.1, 0.15) is 5.15 Å². The summed E-state index contributed by atoms with van der Waals surface area (Å²) in [4.78, 5) is 16.2. The van der Waals surface area contributed by atoms with E-state index in [0.29, 0.717) is 10.6 Å². The van der Waals surface area contributed by atoms with E-state index in [1.165, 1.54) is 12.3 Å². The number of benzene rings is 1. The van der Waals surface area contributed by atoms with Crippen LogP contribution in [-0.4, -0.2) is 10.9 Å². The van der Waals surface area contributed by atoms with Crippen LogP contribution in [0.25, 0.3) is 0 Å². The summed E-state index contributed by atoms with van der Waals surface area (Å²) in [7, 11) is 0. The average Bonchev–Trinajstić information content (AvgIpc) is 2.47. The molecule has 1 atom stereocenters. The molecule has 0 aliphatic rings. The predicted octanol–water partition coefficient (Wildman–Crippen LogP) is 4.92. The van der Waals surface area contributed by atoms with Gasteiger partial charge in [-0.25, -0.2) is 4.98 Å². The number of nitrogens with zero attached hydrogens (tertiary/aromatic N) is 1. The quantitative estimate of drug-likeness (QED) is 0.800. The van der Waals surface area contributed by atoms with E-state index in [0.717, 1.165) is 12.0 Å². The summed E-state index contributed by atoms with van der Waals surface area (Å²) in [5.74, 6) is -0.295. The SMILES string of the molecule is CCC(NC(=O)c1cc(Cl)ncc1Cl)c1cccc(Cl)c1. The third-order valence-corrected chi connectivity index (χ3v) is 3.77. The Morgan fingerprint density at radius 2 is 2.05 bits per heavy atom. The standard InChI is InChI=1S/C15H13Cl3N2O/c1-2-13(9-4-3-5-10(16)6-9)20-15(21)11-7-14(18)19-8-12(11)17/h3-8,13H,2H2,1H3,(H,20,21). The molecule has 1 heterocycles. The van der Waals surface area contributed by atoms with E-state index in [9.17, 15) is 4.79 Å². The van der Waals surface area contributed by atoms with Crippen LogP contribution in [0.15, 0.2) is 36.5 Å². The molecule has 0 radical (unpaired) electrons. The summed E-state index contributed by atoms with van der Waals surface area (Å²) in [6.45, 7) is 1.98. The molecule has 0 saturated heterocycles. The van der Waals surface area contributed by atoms with E-state index in [4.69, 9.17) is 34.8 Å². The van der Waals surface area contributed by atoms with Crippen molar-refractivity contribution >= 4 is 40.7 Å². The number of hydrogen-bond acceptors (Lipinski definition) is 2. The third-order valence-electron chi connectivity index (χ3n) is 3.03. The van der Waals surface area contributed by atoms with Crippen molar-refractivity contribution in [2.24, 2.45) is 0 Å². The highest BCUT2D eigenvalue weighted by Crippen LogP contribution is 2.23. The molecule has 0 bridgehead atoms. The van der Waals surface area contributed by atoms with Crippen LogP contribution in [0.4, 0.5) is 0 Å². The van der Waals surface area contributed by atoms with Gasteiger partial charge in [-0.1, -0.05) is 53.9 Å². The van der Waals surface area contributed by atoms with Gasteiger partial charge in [-0.2, -0.15) is 0 Å². The van der Waals surface area contributed by atoms with Crippen LogP contribution in [0, 0.1) is 0 Å². The molecule has 3 nitrogen and oxygen atoms in total. The molecule has 110 valence electrons. The topological polar surface area (TPSA) is 42.0 Å². The van der Waals surface area contributed by atoms with E-state index in [2.05, 4.69) is 10.3 Å². The second-order valence-electron chi connectivity index (χ2n) is 4.48. The molecule has 2 rings (SSSR count). The number of amides is 1. The van der Waals surface area contributed by atoms with Crippen LogP contribution in [0.1, 0.15) is 35.3 Å². The minimum Gasteiger partial charge on any atom is -0.345 e. The minimum atomic E-state index is -0.295. The van der Waals surface area contributed by atoms with Gasteiger partial charge in [0.05, 0.1) is 16.6 Å². The molecule has 1 N–H and O–H groups in total. The van der Waals surface area contributed by atoms with Gasteiger partial charge in [-0.3, -0.25) is 4.79 Å². The van der Waals surface area contributed by atoms with E-state index in [-0.39, 0.29) is 22.1 Å². The maximum Gasteiger partial charge on any atom is 0.253 e. The Bertz CT molecular complexity index is 661. The Morgan fingerprint density at radius 3 is 2.71 bits per heavy atom. The number of carbonyl (C=O) groups is 1. The van der Waals surface area contributed by atoms with E-state index in [1.54, 1.807) is 6.07 Å². The smallest absolute Gasteiger partial charge is 0.253 e. The van der Waals surface area contributed by atoms with Crippen molar-refractivity contribution in [1.82, 2.24) is 10.3 Å². The highest BCUT2D eigenvalue weighted by Gasteiger charge is 2.17. The molecule has 0 spiro atoms. The molecule has 1 amide bonds. The lowest BCUT2D eigenvalue weighted by molar-refractivity contribution is 0.0935. The molecule has 1 unspecified atom stereocenters. The van der Waals surface area contributed by atoms with Crippen molar-refractivity contribution in [2.45, 2.75) is 19.4 Å². The predicted molar refractivity (Wildman–Crippen MR) is 86.2 cm³/mol. The van der Waals surface area contributed by atoms with Crippen LogP contribution in [-0.2, 0) is 0 Å². The second kappa shape index (κ2) is 7.12. The fourth-order valence-corrected chi connectivity index (χ4v) is 2.51. The summed E-state index contributed by atoms with van der Waals surface area (Å²) in [5.41, 5.74) is 1.24. The number of hydrogen-bond donors (Lipinski definition) is 1. The lowest BCUT2D eigenvalue weighted by atomic mass is 10.0. The summed E-state index contributed by atoms with van der Waals surface area (Å²) in [6, 6.07) is 8.68. The fourth-order valence-electron chi connectivity index (χ4n) is 1.97. The fraction of sp³-hybridized carbons (Fsp3) is 0.200. The largest absolute Gasteiger partial charge is 0.345 e. The van der Waals surface area contributed by atoms with E-state index in [1.807, 2.05) is 25.1 Å². The van der Waals surface area contributed by atoms with Crippen molar-refractivity contribution in [2.75, 3.05) is 0 Å². The van der Waals surface area contributed by atoms with Gasteiger partial charge in [-0.15, -0.1) is 0 Å². The van der Waals surface area contributed by atoms with Gasteiger partial charge >= 0.3 is 0 Å². The van der Waals surface area contributed by atoms with Gasteiger partial charge in [-0.05, 0) is 30.2 Å². The average molecular weight is 344 g/mol. The molecular formula is C15H13Cl3N2O. The van der Waals surface area contributed by atoms with Gasteiger partial charge in [0, 0.05) is 11.2 Å². The maximum atomic E-state index is 12.3. The highest BCUT2D eigenvalue weighted by molar-refractivity contribution is 6.35. The summed E-state index contributed by atoms with van der Waals surface area (Å²) < 4.78 is 0. The lowest BCUT2D eigenvalue weighted by Gasteiger charge is -2.18. The molecule has 0 saturated carbocycles. The van der Waals surface area contributed by atoms with Crippen LogP contribution in [0.2, 0.25) is 15.2 Å². The van der Waals surface area contributed by atoms with Gasteiger partial charge < -0.3 is 5.32 Å². The Labute approximate surface area is 138 Å². The van der Waals surface area contributed by atoms with Crippen molar-refractivity contribution in [3.05, 3.63) is 62.9 Å². The summed E-state index contributed by atoms with van der Waals surface area (Å²) in [6.07, 6.45) is 2.08. The minimum absolute atomic E-state index is 0.154. The molecule has 6 heteroatoms. The lowest BCUT2D eigenvalue weighted by Crippen LogP contribution is -2.28. The van der Waals surface area contributed by atoms with Crippen molar-refractivity contribution < 1.29 is 4.79 Å². The number of pyridine rings is 1. The zero-order chi connectivity index (χ0) is 15.4. The first-order chi connectivity index (χ1) is 10.0. The van der Waals surface area contributed by atoms with Crippen LogP contribution < -0.4 is 5.32 Å². The molecular weight excluding hydrogens is 331 g/mol. The van der Waals surface area contributed by atoms with Gasteiger partial charge in [0.15, 0.2) is 0 Å². The Morgan fingerprint density at radius 1 is 1.29 bits per heavy atom. The Kier molecular flexibility index (Phi) is 5.45. The Balaban J connectivity index is 2.22. The molecule has 2 aromatic rings. The zero-order valence-corrected chi connectivity index (χ0v) is 13.5. The van der Waals surface area contributed by atoms with Crippen molar-refractivity contribution in [3.8, 4) is 0 Å². The molecule has 0 aliphatic heterocycles. The maximum absolute atomic E-state index is 12.3. The monoisotopic (exact) mass is 342 g/mol. The molecule has 1 aromatic heterocycles. The third kappa shape index (κ3) is 4.10. The second-order valence-corrected chi connectivity index (χ2v) is 5.71. The molecule has 21 heavy (non-hydrogen) atoms. The first kappa shape index (κ1) is 16.1. The Hall–Kier alpha value is -1.29. The number of nitrogens with one attached hydrogen (secondary N) is 1.